The number of thioether (sulfide) groups is 1. The van der Waals surface area contributed by atoms with Crippen molar-refractivity contribution in [1.29, 1.82) is 0 Å². The van der Waals surface area contributed by atoms with Gasteiger partial charge in [0.05, 0.1) is 5.25 Å². The lowest BCUT2D eigenvalue weighted by atomic mass is 10.1. The molecule has 1 aliphatic rings. The molecule has 0 bridgehead atoms. The molecule has 1 aromatic heterocycles. The molecule has 2 heterocycles. The normalized spacial score (nSPS) is 17.2. The lowest BCUT2D eigenvalue weighted by molar-refractivity contribution is -0.115. The minimum absolute atomic E-state index is 0.0117. The number of nitrogens with one attached hydrogen (secondary N) is 1. The van der Waals surface area contributed by atoms with Gasteiger partial charge in [0.25, 0.3) is 0 Å². The maximum Gasteiger partial charge on any atom is 0.240 e. The second-order valence-electron chi connectivity index (χ2n) is 5.01. The molecule has 1 amide bonds. The Kier molecular flexibility index (Phi) is 3.76. The molecule has 1 unspecified atom stereocenters. The number of anilines is 1. The van der Waals surface area contributed by atoms with Crippen LogP contribution in [0.4, 0.5) is 5.13 Å². The maximum atomic E-state index is 12.3. The van der Waals surface area contributed by atoms with Crippen molar-refractivity contribution < 1.29 is 4.79 Å². The summed E-state index contributed by atoms with van der Waals surface area (Å²) >= 11 is 3.07. The molecule has 1 atom stereocenters. The highest BCUT2D eigenvalue weighted by Crippen LogP contribution is 2.37. The van der Waals surface area contributed by atoms with Crippen molar-refractivity contribution in [3.05, 3.63) is 34.8 Å². The van der Waals surface area contributed by atoms with Gasteiger partial charge in [0.15, 0.2) is 0 Å². The number of fused-ring (bicyclic) bond motifs is 1. The van der Waals surface area contributed by atoms with Gasteiger partial charge in [-0.05, 0) is 18.1 Å². The minimum atomic E-state index is -0.0706. The van der Waals surface area contributed by atoms with Crippen LogP contribution < -0.4 is 5.32 Å². The van der Waals surface area contributed by atoms with E-state index in [0.717, 1.165) is 11.4 Å². The second-order valence-corrected chi connectivity index (χ2v) is 7.26. The Labute approximate surface area is 126 Å². The van der Waals surface area contributed by atoms with E-state index in [2.05, 4.69) is 41.5 Å². The zero-order chi connectivity index (χ0) is 14.1. The Morgan fingerprint density at radius 1 is 1.35 bits per heavy atom. The molecule has 3 rings (SSSR count). The van der Waals surface area contributed by atoms with Crippen LogP contribution in [-0.4, -0.2) is 21.4 Å². The van der Waals surface area contributed by atoms with E-state index < -0.39 is 0 Å². The van der Waals surface area contributed by atoms with Crippen LogP contribution in [0.25, 0.3) is 0 Å². The lowest BCUT2D eigenvalue weighted by Crippen LogP contribution is -2.24. The third kappa shape index (κ3) is 2.71. The van der Waals surface area contributed by atoms with Crippen molar-refractivity contribution in [2.24, 2.45) is 0 Å². The Morgan fingerprint density at radius 2 is 2.15 bits per heavy atom. The second kappa shape index (κ2) is 5.54. The molecule has 0 aliphatic carbocycles. The Hall–Kier alpha value is -1.40. The molecule has 1 N–H and O–H groups in total. The third-order valence-electron chi connectivity index (χ3n) is 3.10. The van der Waals surface area contributed by atoms with Crippen LogP contribution in [0, 0.1) is 0 Å². The first-order chi connectivity index (χ1) is 9.63. The van der Waals surface area contributed by atoms with Crippen LogP contribution in [-0.2, 0) is 11.2 Å². The third-order valence-corrected chi connectivity index (χ3v) is 5.56. The SMILES string of the molecule is CC(C)c1nnc(NC(=O)C2Cc3ccccc3S2)s1. The molecule has 1 aromatic carbocycles. The van der Waals surface area contributed by atoms with Gasteiger partial charge in [-0.15, -0.1) is 22.0 Å². The standard InChI is InChI=1S/C14H15N3OS2/c1-8(2)13-16-17-14(20-13)15-12(18)11-7-9-5-3-4-6-10(9)19-11/h3-6,8,11H,7H2,1-2H3,(H,15,17,18). The highest BCUT2D eigenvalue weighted by atomic mass is 32.2. The van der Waals surface area contributed by atoms with E-state index in [1.165, 1.54) is 21.8 Å². The van der Waals surface area contributed by atoms with Gasteiger partial charge in [-0.25, -0.2) is 0 Å². The van der Waals surface area contributed by atoms with Crippen molar-refractivity contribution in [3.8, 4) is 0 Å². The van der Waals surface area contributed by atoms with Crippen LogP contribution in [0.2, 0.25) is 0 Å². The summed E-state index contributed by atoms with van der Waals surface area (Å²) in [6.07, 6.45) is 0.780. The summed E-state index contributed by atoms with van der Waals surface area (Å²) in [5.41, 5.74) is 1.25. The number of carbonyl (C=O) groups excluding carboxylic acids is 1. The Bertz CT molecular complexity index is 614. The van der Waals surface area contributed by atoms with Gasteiger partial charge in [-0.2, -0.15) is 0 Å². The zero-order valence-corrected chi connectivity index (χ0v) is 12.9. The predicted molar refractivity (Wildman–Crippen MR) is 82.4 cm³/mol. The summed E-state index contributed by atoms with van der Waals surface area (Å²) in [5.74, 6) is 0.348. The summed E-state index contributed by atoms with van der Waals surface area (Å²) in [7, 11) is 0. The van der Waals surface area contributed by atoms with Crippen LogP contribution in [0.15, 0.2) is 29.2 Å². The van der Waals surface area contributed by atoms with Crippen LogP contribution in [0.1, 0.15) is 30.3 Å². The highest BCUT2D eigenvalue weighted by Gasteiger charge is 2.28. The number of benzene rings is 1. The van der Waals surface area contributed by atoms with Gasteiger partial charge >= 0.3 is 0 Å². The van der Waals surface area contributed by atoms with E-state index in [4.69, 9.17) is 0 Å². The van der Waals surface area contributed by atoms with Crippen molar-refractivity contribution in [1.82, 2.24) is 10.2 Å². The summed E-state index contributed by atoms with van der Waals surface area (Å²) < 4.78 is 0. The highest BCUT2D eigenvalue weighted by molar-refractivity contribution is 8.01. The number of hydrogen-bond acceptors (Lipinski definition) is 5. The first-order valence-corrected chi connectivity index (χ1v) is 8.22. The maximum absolute atomic E-state index is 12.3. The zero-order valence-electron chi connectivity index (χ0n) is 11.3. The van der Waals surface area contributed by atoms with Gasteiger partial charge in [0.1, 0.15) is 5.01 Å². The Balaban J connectivity index is 1.66. The van der Waals surface area contributed by atoms with E-state index in [1.54, 1.807) is 11.8 Å². The van der Waals surface area contributed by atoms with E-state index in [-0.39, 0.29) is 11.2 Å². The molecule has 0 spiro atoms. The molecule has 2 aromatic rings. The first-order valence-electron chi connectivity index (χ1n) is 6.52. The van der Waals surface area contributed by atoms with E-state index in [0.29, 0.717) is 11.0 Å². The molecule has 0 saturated heterocycles. The predicted octanol–water partition coefficient (Wildman–Crippen LogP) is 3.32. The van der Waals surface area contributed by atoms with Crippen LogP contribution >= 0.6 is 23.1 Å². The van der Waals surface area contributed by atoms with Crippen molar-refractivity contribution in [2.75, 3.05) is 5.32 Å². The molecule has 6 heteroatoms. The van der Waals surface area contributed by atoms with Gasteiger partial charge in [0, 0.05) is 10.8 Å². The topological polar surface area (TPSA) is 54.9 Å². The van der Waals surface area contributed by atoms with E-state index >= 15 is 0 Å². The smallest absolute Gasteiger partial charge is 0.240 e. The molecule has 0 fully saturated rings. The first kappa shape index (κ1) is 13.6. The molecule has 0 saturated carbocycles. The summed E-state index contributed by atoms with van der Waals surface area (Å²) in [6.45, 7) is 4.13. The van der Waals surface area contributed by atoms with Crippen LogP contribution in [0.3, 0.4) is 0 Å². The number of carbonyl (C=O) groups is 1. The van der Waals surface area contributed by atoms with Crippen molar-refractivity contribution in [3.63, 3.8) is 0 Å². The molecular weight excluding hydrogens is 290 g/mol. The van der Waals surface area contributed by atoms with Crippen molar-refractivity contribution in [2.45, 2.75) is 36.3 Å². The molecule has 1 aliphatic heterocycles. The number of nitrogens with zero attached hydrogens (tertiary/aromatic N) is 2. The quantitative estimate of drug-likeness (QED) is 0.945. The largest absolute Gasteiger partial charge is 0.300 e. The van der Waals surface area contributed by atoms with E-state index in [1.807, 2.05) is 12.1 Å². The summed E-state index contributed by atoms with van der Waals surface area (Å²) in [5, 5.41) is 12.5. The average molecular weight is 305 g/mol. The molecule has 0 radical (unpaired) electrons. The van der Waals surface area contributed by atoms with Crippen LogP contribution in [0.5, 0.6) is 0 Å². The van der Waals surface area contributed by atoms with Crippen molar-refractivity contribution >= 4 is 34.1 Å². The molecule has 20 heavy (non-hydrogen) atoms. The van der Waals surface area contributed by atoms with E-state index in [9.17, 15) is 4.79 Å². The molecule has 104 valence electrons. The molecule has 4 nitrogen and oxygen atoms in total. The monoisotopic (exact) mass is 305 g/mol. The Morgan fingerprint density at radius 3 is 2.85 bits per heavy atom. The lowest BCUT2D eigenvalue weighted by Gasteiger charge is -2.06. The molecular formula is C14H15N3OS2. The fourth-order valence-electron chi connectivity index (χ4n) is 2.03. The van der Waals surface area contributed by atoms with Gasteiger partial charge < -0.3 is 0 Å². The number of amides is 1. The fourth-order valence-corrected chi connectivity index (χ4v) is 3.98. The number of aromatic nitrogens is 2. The summed E-state index contributed by atoms with van der Waals surface area (Å²) in [6, 6.07) is 8.16. The minimum Gasteiger partial charge on any atom is -0.300 e. The van der Waals surface area contributed by atoms with Gasteiger partial charge in [-0.3, -0.25) is 10.1 Å². The summed E-state index contributed by atoms with van der Waals surface area (Å²) in [4.78, 5) is 13.5. The fraction of sp³-hybridized carbons (Fsp3) is 0.357. The van der Waals surface area contributed by atoms with Gasteiger partial charge in [-0.1, -0.05) is 43.4 Å². The number of rotatable bonds is 3. The number of hydrogen-bond donors (Lipinski definition) is 1. The van der Waals surface area contributed by atoms with Gasteiger partial charge in [0.2, 0.25) is 11.0 Å². The average Bonchev–Trinajstić information content (AvgIpc) is 3.04.